The monoisotopic (exact) mass is 466 g/mol. The van der Waals surface area contributed by atoms with Gasteiger partial charge in [0.15, 0.2) is 0 Å². The zero-order chi connectivity index (χ0) is 22.9. The van der Waals surface area contributed by atoms with Crippen LogP contribution in [-0.4, -0.2) is 13.0 Å². The van der Waals surface area contributed by atoms with Crippen LogP contribution in [0.25, 0.3) is 6.08 Å². The van der Waals surface area contributed by atoms with Gasteiger partial charge in [-0.1, -0.05) is 53.5 Å². The molecule has 0 bridgehead atoms. The van der Waals surface area contributed by atoms with Gasteiger partial charge < -0.3 is 14.8 Å². The molecule has 3 aromatic rings. The largest absolute Gasteiger partial charge is 0.497 e. The van der Waals surface area contributed by atoms with E-state index in [9.17, 15) is 10.1 Å². The van der Waals surface area contributed by atoms with Crippen LogP contribution in [0.1, 0.15) is 16.7 Å². The van der Waals surface area contributed by atoms with E-state index in [0.29, 0.717) is 34.5 Å². The number of ether oxygens (including phenoxy) is 2. The van der Waals surface area contributed by atoms with E-state index in [1.165, 1.54) is 6.08 Å². The van der Waals surface area contributed by atoms with E-state index in [1.54, 1.807) is 43.5 Å². The van der Waals surface area contributed by atoms with Gasteiger partial charge in [-0.05, 0) is 59.2 Å². The third-order valence-electron chi connectivity index (χ3n) is 4.56. The van der Waals surface area contributed by atoms with Gasteiger partial charge in [-0.2, -0.15) is 5.26 Å². The molecule has 5 nitrogen and oxygen atoms in total. The van der Waals surface area contributed by atoms with E-state index >= 15 is 0 Å². The number of amides is 1. The average Bonchev–Trinajstić information content (AvgIpc) is 2.82. The molecule has 0 saturated carbocycles. The van der Waals surface area contributed by atoms with Crippen molar-refractivity contribution in [1.82, 2.24) is 5.32 Å². The molecule has 162 valence electrons. The standard InChI is InChI=1S/C25H20Cl2N2O3/c1-31-21-7-4-18(5-8-21)15-29-25(30)20(14-28)12-17-2-9-22(10-3-17)32-16-19-6-11-23(26)24(27)13-19/h2-13H,15-16H2,1H3,(H,29,30)/b20-12-. The first-order valence-electron chi connectivity index (χ1n) is 9.68. The lowest BCUT2D eigenvalue weighted by molar-refractivity contribution is -0.117. The van der Waals surface area contributed by atoms with Crippen molar-refractivity contribution in [3.05, 3.63) is 99.0 Å². The highest BCUT2D eigenvalue weighted by Gasteiger charge is 2.09. The zero-order valence-electron chi connectivity index (χ0n) is 17.3. The number of nitriles is 1. The number of nitrogens with one attached hydrogen (secondary N) is 1. The van der Waals surface area contributed by atoms with Gasteiger partial charge in [0, 0.05) is 6.54 Å². The summed E-state index contributed by atoms with van der Waals surface area (Å²) in [5.74, 6) is 0.945. The fraction of sp³-hybridized carbons (Fsp3) is 0.120. The fourth-order valence-electron chi connectivity index (χ4n) is 2.79. The van der Waals surface area contributed by atoms with Crippen molar-refractivity contribution >= 4 is 35.2 Å². The van der Waals surface area contributed by atoms with Gasteiger partial charge in [0.05, 0.1) is 17.2 Å². The average molecular weight is 467 g/mol. The first-order chi connectivity index (χ1) is 15.5. The summed E-state index contributed by atoms with van der Waals surface area (Å²) in [7, 11) is 1.59. The van der Waals surface area contributed by atoms with Gasteiger partial charge in [0.25, 0.3) is 5.91 Å². The second-order valence-corrected chi connectivity index (χ2v) is 7.62. The number of rotatable bonds is 8. The second kappa shape index (κ2) is 11.2. The van der Waals surface area contributed by atoms with Gasteiger partial charge in [-0.25, -0.2) is 0 Å². The molecule has 0 aliphatic carbocycles. The molecule has 1 N–H and O–H groups in total. The summed E-state index contributed by atoms with van der Waals surface area (Å²) in [6, 6.07) is 21.7. The van der Waals surface area contributed by atoms with Crippen LogP contribution in [0, 0.1) is 11.3 Å². The zero-order valence-corrected chi connectivity index (χ0v) is 18.8. The van der Waals surface area contributed by atoms with Crippen molar-refractivity contribution < 1.29 is 14.3 Å². The minimum absolute atomic E-state index is 0.0167. The van der Waals surface area contributed by atoms with Crippen LogP contribution in [0.3, 0.4) is 0 Å². The smallest absolute Gasteiger partial charge is 0.262 e. The first kappa shape index (κ1) is 23.2. The van der Waals surface area contributed by atoms with E-state index in [2.05, 4.69) is 5.32 Å². The van der Waals surface area contributed by atoms with Crippen LogP contribution in [0.4, 0.5) is 0 Å². The maximum Gasteiger partial charge on any atom is 0.262 e. The molecule has 3 aromatic carbocycles. The quantitative estimate of drug-likeness (QED) is 0.336. The Labute approximate surface area is 196 Å². The van der Waals surface area contributed by atoms with Crippen molar-refractivity contribution in [3.8, 4) is 17.6 Å². The summed E-state index contributed by atoms with van der Waals surface area (Å²) >= 11 is 11.9. The van der Waals surface area contributed by atoms with E-state index in [0.717, 1.165) is 16.9 Å². The topological polar surface area (TPSA) is 71.3 Å². The Morgan fingerprint density at radius 2 is 1.62 bits per heavy atom. The number of nitrogens with zero attached hydrogens (tertiary/aromatic N) is 1. The molecule has 3 rings (SSSR count). The van der Waals surface area contributed by atoms with Crippen LogP contribution < -0.4 is 14.8 Å². The molecular formula is C25H20Cl2N2O3. The molecule has 0 radical (unpaired) electrons. The third kappa shape index (κ3) is 6.52. The van der Waals surface area contributed by atoms with E-state index < -0.39 is 5.91 Å². The van der Waals surface area contributed by atoms with Gasteiger partial charge in [-0.3, -0.25) is 4.79 Å². The Morgan fingerprint density at radius 1 is 0.969 bits per heavy atom. The predicted octanol–water partition coefficient (Wildman–Crippen LogP) is 5.80. The number of halogens is 2. The summed E-state index contributed by atoms with van der Waals surface area (Å²) in [5, 5.41) is 13.1. The van der Waals surface area contributed by atoms with Crippen LogP contribution in [0.15, 0.2) is 72.3 Å². The number of methoxy groups -OCH3 is 1. The molecule has 0 fully saturated rings. The molecule has 0 atom stereocenters. The maximum absolute atomic E-state index is 12.4. The molecule has 0 aromatic heterocycles. The number of benzene rings is 3. The molecule has 0 aliphatic heterocycles. The lowest BCUT2D eigenvalue weighted by atomic mass is 10.1. The first-order valence-corrected chi connectivity index (χ1v) is 10.4. The highest BCUT2D eigenvalue weighted by atomic mass is 35.5. The predicted molar refractivity (Wildman–Crippen MR) is 126 cm³/mol. The molecule has 0 aliphatic rings. The number of carbonyl (C=O) groups is 1. The molecule has 0 saturated heterocycles. The molecular weight excluding hydrogens is 447 g/mol. The van der Waals surface area contributed by atoms with Crippen molar-refractivity contribution in [2.75, 3.05) is 7.11 Å². The summed E-state index contributed by atoms with van der Waals surface area (Å²) in [6.45, 7) is 0.645. The molecule has 32 heavy (non-hydrogen) atoms. The van der Waals surface area contributed by atoms with Crippen molar-refractivity contribution in [2.45, 2.75) is 13.2 Å². The number of hydrogen-bond acceptors (Lipinski definition) is 4. The summed E-state index contributed by atoms with van der Waals surface area (Å²) in [4.78, 5) is 12.4. The van der Waals surface area contributed by atoms with Crippen LogP contribution in [0.5, 0.6) is 11.5 Å². The van der Waals surface area contributed by atoms with Crippen LogP contribution >= 0.6 is 23.2 Å². The highest BCUT2D eigenvalue weighted by Crippen LogP contribution is 2.23. The van der Waals surface area contributed by atoms with Crippen molar-refractivity contribution in [2.24, 2.45) is 0 Å². The Morgan fingerprint density at radius 3 is 2.25 bits per heavy atom. The summed E-state index contributed by atoms with van der Waals surface area (Å²) in [6.07, 6.45) is 1.53. The molecule has 0 heterocycles. The molecule has 7 heteroatoms. The van der Waals surface area contributed by atoms with Gasteiger partial charge in [0.1, 0.15) is 29.7 Å². The van der Waals surface area contributed by atoms with Crippen LogP contribution in [0.2, 0.25) is 10.0 Å². The summed E-state index contributed by atoms with van der Waals surface area (Å²) < 4.78 is 10.9. The maximum atomic E-state index is 12.4. The van der Waals surface area contributed by atoms with Gasteiger partial charge in [-0.15, -0.1) is 0 Å². The fourth-order valence-corrected chi connectivity index (χ4v) is 3.11. The second-order valence-electron chi connectivity index (χ2n) is 6.81. The van der Waals surface area contributed by atoms with Crippen molar-refractivity contribution in [3.63, 3.8) is 0 Å². The highest BCUT2D eigenvalue weighted by molar-refractivity contribution is 6.42. The van der Waals surface area contributed by atoms with Gasteiger partial charge in [0.2, 0.25) is 0 Å². The Hall–Kier alpha value is -3.46. The van der Waals surface area contributed by atoms with Crippen LogP contribution in [-0.2, 0) is 17.9 Å². The third-order valence-corrected chi connectivity index (χ3v) is 5.30. The SMILES string of the molecule is COc1ccc(CNC(=O)/C(C#N)=C\c2ccc(OCc3ccc(Cl)c(Cl)c3)cc2)cc1. The normalized spacial score (nSPS) is 10.9. The molecule has 1 amide bonds. The van der Waals surface area contributed by atoms with Crippen molar-refractivity contribution in [1.29, 1.82) is 5.26 Å². The lowest BCUT2D eigenvalue weighted by Crippen LogP contribution is -2.23. The van der Waals surface area contributed by atoms with E-state index in [4.69, 9.17) is 32.7 Å². The summed E-state index contributed by atoms with van der Waals surface area (Å²) in [5.41, 5.74) is 2.52. The minimum atomic E-state index is -0.441. The Bertz CT molecular complexity index is 1150. The molecule has 0 spiro atoms. The van der Waals surface area contributed by atoms with E-state index in [1.807, 2.05) is 36.4 Å². The number of hydrogen-bond donors (Lipinski definition) is 1. The van der Waals surface area contributed by atoms with E-state index in [-0.39, 0.29) is 5.57 Å². The lowest BCUT2D eigenvalue weighted by Gasteiger charge is -2.08. The Kier molecular flexibility index (Phi) is 8.15. The molecule has 0 unspecified atom stereocenters. The van der Waals surface area contributed by atoms with Gasteiger partial charge >= 0.3 is 0 Å². The number of carbonyl (C=O) groups excluding carboxylic acids is 1. The Balaban J connectivity index is 1.58. The minimum Gasteiger partial charge on any atom is -0.497 e.